The van der Waals surface area contributed by atoms with Gasteiger partial charge >= 0.3 is 0 Å². The van der Waals surface area contributed by atoms with Crippen LogP contribution in [-0.2, 0) is 0 Å². The van der Waals surface area contributed by atoms with E-state index >= 15 is 0 Å². The van der Waals surface area contributed by atoms with Crippen LogP contribution in [0.25, 0.3) is 0 Å². The largest absolute Gasteiger partial charge is 0.306 e. The van der Waals surface area contributed by atoms with Crippen LogP contribution in [0.3, 0.4) is 0 Å². The third kappa shape index (κ3) is 3.83. The highest BCUT2D eigenvalue weighted by atomic mass is 127. The summed E-state index contributed by atoms with van der Waals surface area (Å²) in [5.41, 5.74) is 3.98. The molecule has 0 saturated carbocycles. The van der Waals surface area contributed by atoms with E-state index in [0.29, 0.717) is 0 Å². The van der Waals surface area contributed by atoms with E-state index in [2.05, 4.69) is 100 Å². The summed E-state index contributed by atoms with van der Waals surface area (Å²) in [6.45, 7) is 5.39. The van der Waals surface area contributed by atoms with Gasteiger partial charge in [0, 0.05) is 8.04 Å². The fraction of sp³-hybridized carbons (Fsp3) is 0.294. The predicted octanol–water partition coefficient (Wildman–Crippen LogP) is 5.45. The molecular formula is C17H19BrIN. The molecule has 2 aromatic carbocycles. The van der Waals surface area contributed by atoms with Gasteiger partial charge in [0.25, 0.3) is 0 Å². The summed E-state index contributed by atoms with van der Waals surface area (Å²) >= 11 is 6.07. The Morgan fingerprint density at radius 1 is 1.15 bits per heavy atom. The van der Waals surface area contributed by atoms with Gasteiger partial charge < -0.3 is 5.32 Å². The Morgan fingerprint density at radius 3 is 2.60 bits per heavy atom. The van der Waals surface area contributed by atoms with Crippen molar-refractivity contribution in [3.05, 3.63) is 67.2 Å². The van der Waals surface area contributed by atoms with Gasteiger partial charge in [-0.15, -0.1) is 0 Å². The molecule has 1 N–H and O–H groups in total. The molecular weight excluding hydrogens is 425 g/mol. The first kappa shape index (κ1) is 16.0. The lowest BCUT2D eigenvalue weighted by molar-refractivity contribution is 0.594. The minimum absolute atomic E-state index is 0.236. The molecule has 2 aromatic rings. The van der Waals surface area contributed by atoms with Crippen LogP contribution in [0.2, 0.25) is 0 Å². The predicted molar refractivity (Wildman–Crippen MR) is 98.2 cm³/mol. The minimum Gasteiger partial charge on any atom is -0.306 e. The van der Waals surface area contributed by atoms with E-state index in [1.165, 1.54) is 20.3 Å². The zero-order valence-electron chi connectivity index (χ0n) is 11.8. The molecule has 0 aliphatic rings. The Kier molecular flexibility index (Phi) is 6.05. The molecule has 0 radical (unpaired) electrons. The highest BCUT2D eigenvalue weighted by molar-refractivity contribution is 14.1. The van der Waals surface area contributed by atoms with Crippen LogP contribution in [0, 0.1) is 10.5 Å². The summed E-state index contributed by atoms with van der Waals surface area (Å²) in [5.74, 6) is 0. The van der Waals surface area contributed by atoms with Crippen LogP contribution in [0.1, 0.15) is 36.1 Å². The SMILES string of the molecule is CCCNC(c1ccccc1C)c1cc(I)ccc1Br. The zero-order chi connectivity index (χ0) is 14.5. The van der Waals surface area contributed by atoms with E-state index in [1.807, 2.05) is 0 Å². The van der Waals surface area contributed by atoms with E-state index in [1.54, 1.807) is 0 Å². The van der Waals surface area contributed by atoms with Gasteiger partial charge in [-0.1, -0.05) is 47.1 Å². The molecule has 0 aromatic heterocycles. The monoisotopic (exact) mass is 443 g/mol. The van der Waals surface area contributed by atoms with Crippen LogP contribution in [0.5, 0.6) is 0 Å². The summed E-state index contributed by atoms with van der Waals surface area (Å²) < 4.78 is 2.42. The molecule has 0 fully saturated rings. The smallest absolute Gasteiger partial charge is 0.0590 e. The number of aryl methyl sites for hydroxylation is 1. The molecule has 1 nitrogen and oxygen atoms in total. The molecule has 20 heavy (non-hydrogen) atoms. The second kappa shape index (κ2) is 7.57. The standard InChI is InChI=1S/C17H19BrIN/c1-3-10-20-17(14-7-5-4-6-12(14)2)15-11-13(19)8-9-16(15)18/h4-9,11,17,20H,3,10H2,1-2H3. The number of hydrogen-bond acceptors (Lipinski definition) is 1. The van der Waals surface area contributed by atoms with Crippen LogP contribution in [0.15, 0.2) is 46.9 Å². The number of halogens is 2. The maximum absolute atomic E-state index is 3.70. The second-order valence-electron chi connectivity index (χ2n) is 4.91. The summed E-state index contributed by atoms with van der Waals surface area (Å²) in [7, 11) is 0. The fourth-order valence-electron chi connectivity index (χ4n) is 2.32. The first-order valence-electron chi connectivity index (χ1n) is 6.87. The number of nitrogens with one attached hydrogen (secondary N) is 1. The van der Waals surface area contributed by atoms with Gasteiger partial charge in [-0.25, -0.2) is 0 Å². The van der Waals surface area contributed by atoms with Crippen LogP contribution in [0.4, 0.5) is 0 Å². The summed E-state index contributed by atoms with van der Waals surface area (Å²) in [6.07, 6.45) is 1.13. The number of rotatable bonds is 5. The molecule has 1 unspecified atom stereocenters. The van der Waals surface area contributed by atoms with Gasteiger partial charge in [0.05, 0.1) is 6.04 Å². The molecule has 0 heterocycles. The molecule has 1 atom stereocenters. The number of hydrogen-bond donors (Lipinski definition) is 1. The van der Waals surface area contributed by atoms with Crippen molar-refractivity contribution in [1.82, 2.24) is 5.32 Å². The number of benzene rings is 2. The van der Waals surface area contributed by atoms with Crippen molar-refractivity contribution in [2.24, 2.45) is 0 Å². The van der Waals surface area contributed by atoms with E-state index in [4.69, 9.17) is 0 Å². The third-order valence-corrected chi connectivity index (χ3v) is 4.76. The first-order chi connectivity index (χ1) is 9.63. The average molecular weight is 444 g/mol. The molecule has 0 bridgehead atoms. The lowest BCUT2D eigenvalue weighted by Crippen LogP contribution is -2.24. The Labute approximate surface area is 143 Å². The average Bonchev–Trinajstić information content (AvgIpc) is 2.44. The molecule has 0 aliphatic heterocycles. The molecule has 3 heteroatoms. The molecule has 106 valence electrons. The topological polar surface area (TPSA) is 12.0 Å². The molecule has 0 aliphatic carbocycles. The minimum atomic E-state index is 0.236. The van der Waals surface area contributed by atoms with Crippen molar-refractivity contribution in [3.8, 4) is 0 Å². The van der Waals surface area contributed by atoms with Gasteiger partial charge in [-0.3, -0.25) is 0 Å². The van der Waals surface area contributed by atoms with Gasteiger partial charge in [0.15, 0.2) is 0 Å². The zero-order valence-corrected chi connectivity index (χ0v) is 15.5. The maximum atomic E-state index is 3.70. The molecule has 2 rings (SSSR count). The van der Waals surface area contributed by atoms with E-state index < -0.39 is 0 Å². The van der Waals surface area contributed by atoms with Gasteiger partial charge in [-0.2, -0.15) is 0 Å². The van der Waals surface area contributed by atoms with Crippen LogP contribution >= 0.6 is 38.5 Å². The van der Waals surface area contributed by atoms with E-state index in [0.717, 1.165) is 17.4 Å². The van der Waals surface area contributed by atoms with E-state index in [-0.39, 0.29) is 6.04 Å². The summed E-state index contributed by atoms with van der Waals surface area (Å²) in [4.78, 5) is 0. The van der Waals surface area contributed by atoms with Gasteiger partial charge in [0.2, 0.25) is 0 Å². The quantitative estimate of drug-likeness (QED) is 0.605. The summed E-state index contributed by atoms with van der Waals surface area (Å²) in [5, 5.41) is 3.68. The van der Waals surface area contributed by atoms with Gasteiger partial charge in [-0.05, 0) is 77.4 Å². The van der Waals surface area contributed by atoms with Crippen LogP contribution in [-0.4, -0.2) is 6.54 Å². The lowest BCUT2D eigenvalue weighted by atomic mass is 9.95. The second-order valence-corrected chi connectivity index (χ2v) is 7.01. The van der Waals surface area contributed by atoms with Crippen molar-refractivity contribution < 1.29 is 0 Å². The van der Waals surface area contributed by atoms with Crippen molar-refractivity contribution in [2.75, 3.05) is 6.54 Å². The highest BCUT2D eigenvalue weighted by Gasteiger charge is 2.17. The first-order valence-corrected chi connectivity index (χ1v) is 8.74. The lowest BCUT2D eigenvalue weighted by Gasteiger charge is -2.23. The molecule has 0 amide bonds. The Hall–Kier alpha value is -0.390. The van der Waals surface area contributed by atoms with Crippen molar-refractivity contribution in [3.63, 3.8) is 0 Å². The Bertz CT molecular complexity index is 583. The van der Waals surface area contributed by atoms with Crippen molar-refractivity contribution >= 4 is 38.5 Å². The van der Waals surface area contributed by atoms with E-state index in [9.17, 15) is 0 Å². The third-order valence-electron chi connectivity index (χ3n) is 3.37. The maximum Gasteiger partial charge on any atom is 0.0590 e. The molecule has 0 saturated heterocycles. The van der Waals surface area contributed by atoms with Crippen LogP contribution < -0.4 is 5.32 Å². The highest BCUT2D eigenvalue weighted by Crippen LogP contribution is 2.31. The fourth-order valence-corrected chi connectivity index (χ4v) is 3.31. The van der Waals surface area contributed by atoms with Gasteiger partial charge in [0.1, 0.15) is 0 Å². The Balaban J connectivity index is 2.47. The Morgan fingerprint density at radius 2 is 1.90 bits per heavy atom. The van der Waals surface area contributed by atoms with Crippen molar-refractivity contribution in [2.45, 2.75) is 26.3 Å². The van der Waals surface area contributed by atoms with Crippen molar-refractivity contribution in [1.29, 1.82) is 0 Å². The molecule has 0 spiro atoms. The normalized spacial score (nSPS) is 12.4. The summed E-state index contributed by atoms with van der Waals surface area (Å²) in [6, 6.07) is 15.4.